The lowest BCUT2D eigenvalue weighted by atomic mass is 9.98. The SMILES string of the molecule is CC1CN(Cc2ccccc2)CC1c1nc(-c2ccccc2)n[nH]1. The molecule has 4 nitrogen and oxygen atoms in total. The van der Waals surface area contributed by atoms with Crippen molar-refractivity contribution in [2.24, 2.45) is 5.92 Å². The molecule has 1 aromatic heterocycles. The number of hydrogen-bond donors (Lipinski definition) is 1. The molecule has 0 amide bonds. The number of H-pyrrole nitrogens is 1. The van der Waals surface area contributed by atoms with Gasteiger partial charge < -0.3 is 0 Å². The third-order valence-corrected chi connectivity index (χ3v) is 4.82. The number of aromatic amines is 1. The molecule has 2 aromatic carbocycles. The summed E-state index contributed by atoms with van der Waals surface area (Å²) in [6.07, 6.45) is 0. The first-order valence-electron chi connectivity index (χ1n) is 8.53. The molecule has 1 fully saturated rings. The van der Waals surface area contributed by atoms with Gasteiger partial charge in [0.15, 0.2) is 5.82 Å². The van der Waals surface area contributed by atoms with Gasteiger partial charge in [0, 0.05) is 31.1 Å². The maximum atomic E-state index is 4.76. The first-order chi connectivity index (χ1) is 11.8. The minimum Gasteiger partial charge on any atom is -0.298 e. The molecule has 0 spiro atoms. The van der Waals surface area contributed by atoms with Gasteiger partial charge in [0.2, 0.25) is 0 Å². The molecule has 3 aromatic rings. The van der Waals surface area contributed by atoms with Crippen molar-refractivity contribution in [2.45, 2.75) is 19.4 Å². The Kier molecular flexibility index (Phi) is 4.13. The number of rotatable bonds is 4. The molecular weight excluding hydrogens is 296 g/mol. The van der Waals surface area contributed by atoms with E-state index in [-0.39, 0.29) is 0 Å². The summed E-state index contributed by atoms with van der Waals surface area (Å²) in [7, 11) is 0. The number of aromatic nitrogens is 3. The van der Waals surface area contributed by atoms with Crippen molar-refractivity contribution in [1.82, 2.24) is 20.1 Å². The van der Waals surface area contributed by atoms with E-state index in [0.717, 1.165) is 36.8 Å². The van der Waals surface area contributed by atoms with Gasteiger partial charge in [-0.15, -0.1) is 0 Å². The fourth-order valence-electron chi connectivity index (χ4n) is 3.55. The number of hydrogen-bond acceptors (Lipinski definition) is 3. The smallest absolute Gasteiger partial charge is 0.181 e. The molecule has 1 saturated heterocycles. The number of nitrogens with zero attached hydrogens (tertiary/aromatic N) is 3. The summed E-state index contributed by atoms with van der Waals surface area (Å²) >= 11 is 0. The second-order valence-corrected chi connectivity index (χ2v) is 6.67. The highest BCUT2D eigenvalue weighted by molar-refractivity contribution is 5.53. The van der Waals surface area contributed by atoms with E-state index >= 15 is 0 Å². The van der Waals surface area contributed by atoms with Crippen molar-refractivity contribution < 1.29 is 0 Å². The number of likely N-dealkylation sites (tertiary alicyclic amines) is 1. The van der Waals surface area contributed by atoms with Crippen LogP contribution in [-0.2, 0) is 6.54 Å². The van der Waals surface area contributed by atoms with Crippen molar-refractivity contribution >= 4 is 0 Å². The summed E-state index contributed by atoms with van der Waals surface area (Å²) < 4.78 is 0. The van der Waals surface area contributed by atoms with E-state index in [1.54, 1.807) is 0 Å². The van der Waals surface area contributed by atoms with Crippen LogP contribution in [0, 0.1) is 5.92 Å². The number of benzene rings is 2. The summed E-state index contributed by atoms with van der Waals surface area (Å²) in [6, 6.07) is 20.8. The summed E-state index contributed by atoms with van der Waals surface area (Å²) in [6.45, 7) is 5.43. The van der Waals surface area contributed by atoms with E-state index in [2.05, 4.69) is 52.4 Å². The third kappa shape index (κ3) is 3.10. The molecule has 0 bridgehead atoms. The van der Waals surface area contributed by atoms with E-state index in [1.807, 2.05) is 30.3 Å². The van der Waals surface area contributed by atoms with Crippen LogP contribution in [0.15, 0.2) is 60.7 Å². The monoisotopic (exact) mass is 318 g/mol. The van der Waals surface area contributed by atoms with Crippen LogP contribution >= 0.6 is 0 Å². The zero-order valence-electron chi connectivity index (χ0n) is 13.9. The summed E-state index contributed by atoms with van der Waals surface area (Å²) in [5.74, 6) is 2.79. The normalized spacial score (nSPS) is 21.2. The highest BCUT2D eigenvalue weighted by Crippen LogP contribution is 2.32. The van der Waals surface area contributed by atoms with E-state index in [1.165, 1.54) is 5.56 Å². The molecule has 0 radical (unpaired) electrons. The topological polar surface area (TPSA) is 44.8 Å². The Morgan fingerprint density at radius 3 is 2.46 bits per heavy atom. The average molecular weight is 318 g/mol. The molecule has 2 unspecified atom stereocenters. The van der Waals surface area contributed by atoms with Gasteiger partial charge in [-0.1, -0.05) is 67.6 Å². The van der Waals surface area contributed by atoms with Crippen molar-refractivity contribution in [3.63, 3.8) is 0 Å². The van der Waals surface area contributed by atoms with Gasteiger partial charge in [-0.2, -0.15) is 5.10 Å². The van der Waals surface area contributed by atoms with Gasteiger partial charge in [0.05, 0.1) is 0 Å². The van der Waals surface area contributed by atoms with Crippen LogP contribution in [0.1, 0.15) is 24.2 Å². The van der Waals surface area contributed by atoms with Crippen molar-refractivity contribution in [3.05, 3.63) is 72.1 Å². The molecule has 1 N–H and O–H groups in total. The molecule has 24 heavy (non-hydrogen) atoms. The fourth-order valence-corrected chi connectivity index (χ4v) is 3.55. The Hall–Kier alpha value is -2.46. The summed E-state index contributed by atoms with van der Waals surface area (Å²) in [4.78, 5) is 7.27. The van der Waals surface area contributed by atoms with Gasteiger partial charge in [-0.25, -0.2) is 4.98 Å². The van der Waals surface area contributed by atoms with Crippen molar-refractivity contribution in [1.29, 1.82) is 0 Å². The predicted molar refractivity (Wildman–Crippen MR) is 95.4 cm³/mol. The van der Waals surface area contributed by atoms with Crippen LogP contribution in [0.4, 0.5) is 0 Å². The van der Waals surface area contributed by atoms with E-state index in [0.29, 0.717) is 11.8 Å². The summed E-state index contributed by atoms with van der Waals surface area (Å²) in [5.41, 5.74) is 2.43. The zero-order valence-corrected chi connectivity index (χ0v) is 13.9. The quantitative estimate of drug-likeness (QED) is 0.797. The summed E-state index contributed by atoms with van der Waals surface area (Å²) in [5, 5.41) is 7.59. The van der Waals surface area contributed by atoms with Gasteiger partial charge in [0.25, 0.3) is 0 Å². The Morgan fingerprint density at radius 1 is 1.00 bits per heavy atom. The Labute approximate surface area is 142 Å². The average Bonchev–Trinajstić information content (AvgIpc) is 3.23. The van der Waals surface area contributed by atoms with Crippen molar-refractivity contribution in [2.75, 3.05) is 13.1 Å². The molecule has 0 saturated carbocycles. The molecular formula is C20H22N4. The van der Waals surface area contributed by atoms with Crippen LogP contribution < -0.4 is 0 Å². The molecule has 0 aliphatic carbocycles. The van der Waals surface area contributed by atoms with Crippen LogP contribution in [-0.4, -0.2) is 33.2 Å². The highest BCUT2D eigenvalue weighted by Gasteiger charge is 2.33. The minimum atomic E-state index is 0.415. The lowest BCUT2D eigenvalue weighted by molar-refractivity contribution is 0.318. The molecule has 2 heterocycles. The standard InChI is InChI=1S/C20H22N4/c1-15-12-24(13-16-8-4-2-5-9-16)14-18(15)20-21-19(22-23-20)17-10-6-3-7-11-17/h2-11,15,18H,12-14H2,1H3,(H,21,22,23). The van der Waals surface area contributed by atoms with Gasteiger partial charge >= 0.3 is 0 Å². The number of nitrogens with one attached hydrogen (secondary N) is 1. The largest absolute Gasteiger partial charge is 0.298 e. The molecule has 122 valence electrons. The van der Waals surface area contributed by atoms with Crippen LogP contribution in [0.25, 0.3) is 11.4 Å². The van der Waals surface area contributed by atoms with Gasteiger partial charge in [-0.05, 0) is 11.5 Å². The van der Waals surface area contributed by atoms with E-state index in [4.69, 9.17) is 4.98 Å². The maximum absolute atomic E-state index is 4.76. The lowest BCUT2D eigenvalue weighted by Crippen LogP contribution is -2.20. The Bertz CT molecular complexity index is 782. The molecule has 4 heteroatoms. The zero-order chi connectivity index (χ0) is 16.4. The fraction of sp³-hybridized carbons (Fsp3) is 0.300. The van der Waals surface area contributed by atoms with Gasteiger partial charge in [-0.3, -0.25) is 10.00 Å². The van der Waals surface area contributed by atoms with E-state index in [9.17, 15) is 0 Å². The lowest BCUT2D eigenvalue weighted by Gasteiger charge is -2.15. The molecule has 4 rings (SSSR count). The molecule has 1 aliphatic rings. The van der Waals surface area contributed by atoms with Gasteiger partial charge in [0.1, 0.15) is 5.82 Å². The van der Waals surface area contributed by atoms with Crippen LogP contribution in [0.3, 0.4) is 0 Å². The maximum Gasteiger partial charge on any atom is 0.181 e. The minimum absolute atomic E-state index is 0.415. The molecule has 2 atom stereocenters. The van der Waals surface area contributed by atoms with Crippen LogP contribution in [0.5, 0.6) is 0 Å². The van der Waals surface area contributed by atoms with E-state index < -0.39 is 0 Å². The highest BCUT2D eigenvalue weighted by atomic mass is 15.2. The first-order valence-corrected chi connectivity index (χ1v) is 8.53. The van der Waals surface area contributed by atoms with Crippen molar-refractivity contribution in [3.8, 4) is 11.4 Å². The molecule has 1 aliphatic heterocycles. The van der Waals surface area contributed by atoms with Crippen LogP contribution in [0.2, 0.25) is 0 Å². The Balaban J connectivity index is 1.48. The first kappa shape index (κ1) is 15.1. The third-order valence-electron chi connectivity index (χ3n) is 4.82. The second-order valence-electron chi connectivity index (χ2n) is 6.67. The predicted octanol–water partition coefficient (Wildman–Crippen LogP) is 3.71. The Morgan fingerprint density at radius 2 is 1.71 bits per heavy atom. The second kappa shape index (κ2) is 6.57.